The van der Waals surface area contributed by atoms with E-state index in [1.54, 1.807) is 32.0 Å². The summed E-state index contributed by atoms with van der Waals surface area (Å²) in [6, 6.07) is 20.9. The highest BCUT2D eigenvalue weighted by molar-refractivity contribution is 14.1. The Kier molecular flexibility index (Phi) is 8.61. The standard InChI is InChI=1S/C27H27FIN3O2/c1-18(32-26(33)27(2,3)34-25-12-9-21(15-28)17-31-25)24(14-19-7-10-23(29)11-8-19)22-6-4-5-20(13-22)16-30/h4-13,17-18,24H,14-15H2,1-3H3,(H,32,33). The minimum Gasteiger partial charge on any atom is -0.462 e. The first-order valence-electron chi connectivity index (χ1n) is 11.0. The van der Waals surface area contributed by atoms with Gasteiger partial charge in [0, 0.05) is 33.4 Å². The molecule has 0 aliphatic carbocycles. The molecule has 3 aromatic rings. The number of carbonyl (C=O) groups excluding carboxylic acids is 1. The number of alkyl halides is 1. The van der Waals surface area contributed by atoms with Crippen LogP contribution in [0.3, 0.4) is 0 Å². The van der Waals surface area contributed by atoms with Gasteiger partial charge in [0.05, 0.1) is 11.6 Å². The van der Waals surface area contributed by atoms with Gasteiger partial charge in [-0.25, -0.2) is 9.37 Å². The molecule has 0 saturated heterocycles. The van der Waals surface area contributed by atoms with Gasteiger partial charge in [-0.05, 0) is 91.2 Å². The molecule has 176 valence electrons. The fraction of sp³-hybridized carbons (Fsp3) is 0.296. The molecule has 2 aromatic carbocycles. The molecule has 2 unspecified atom stereocenters. The average Bonchev–Trinajstić information content (AvgIpc) is 2.83. The summed E-state index contributed by atoms with van der Waals surface area (Å²) in [4.78, 5) is 17.3. The number of hydrogen-bond acceptors (Lipinski definition) is 4. The van der Waals surface area contributed by atoms with Crippen molar-refractivity contribution in [2.75, 3.05) is 0 Å². The third-order valence-electron chi connectivity index (χ3n) is 5.63. The highest BCUT2D eigenvalue weighted by atomic mass is 127. The van der Waals surface area contributed by atoms with Crippen molar-refractivity contribution in [3.63, 3.8) is 0 Å². The number of hydrogen-bond donors (Lipinski definition) is 1. The molecule has 0 bridgehead atoms. The van der Waals surface area contributed by atoms with E-state index in [1.165, 1.54) is 6.20 Å². The van der Waals surface area contributed by atoms with E-state index < -0.39 is 12.3 Å². The van der Waals surface area contributed by atoms with Crippen molar-refractivity contribution in [3.05, 3.63) is 92.7 Å². The third kappa shape index (κ3) is 6.76. The minimum absolute atomic E-state index is 0.0601. The maximum Gasteiger partial charge on any atom is 0.263 e. The van der Waals surface area contributed by atoms with Gasteiger partial charge < -0.3 is 10.1 Å². The van der Waals surface area contributed by atoms with E-state index in [2.05, 4.69) is 63.2 Å². The van der Waals surface area contributed by atoms with E-state index in [1.807, 2.05) is 25.1 Å². The lowest BCUT2D eigenvalue weighted by Crippen LogP contribution is -2.51. The molecular weight excluding hydrogens is 544 g/mol. The van der Waals surface area contributed by atoms with Crippen molar-refractivity contribution in [3.8, 4) is 11.9 Å². The van der Waals surface area contributed by atoms with Crippen LogP contribution in [0, 0.1) is 14.9 Å². The van der Waals surface area contributed by atoms with Crippen molar-refractivity contribution >= 4 is 28.5 Å². The zero-order valence-electron chi connectivity index (χ0n) is 19.4. The second kappa shape index (κ2) is 11.4. The van der Waals surface area contributed by atoms with Crippen LogP contribution in [0.15, 0.2) is 66.9 Å². The molecular formula is C27H27FIN3O2. The summed E-state index contributed by atoms with van der Waals surface area (Å²) in [5, 5.41) is 12.5. The molecule has 0 saturated carbocycles. The molecule has 0 radical (unpaired) electrons. The number of halogens is 2. The highest BCUT2D eigenvalue weighted by Gasteiger charge is 2.33. The van der Waals surface area contributed by atoms with Gasteiger partial charge in [-0.1, -0.05) is 24.3 Å². The van der Waals surface area contributed by atoms with Gasteiger partial charge in [0.25, 0.3) is 5.91 Å². The lowest BCUT2D eigenvalue weighted by Gasteiger charge is -2.30. The molecule has 1 amide bonds. The van der Waals surface area contributed by atoms with Gasteiger partial charge >= 0.3 is 0 Å². The van der Waals surface area contributed by atoms with Gasteiger partial charge in [0.2, 0.25) is 5.88 Å². The van der Waals surface area contributed by atoms with Gasteiger partial charge in [-0.3, -0.25) is 4.79 Å². The molecule has 34 heavy (non-hydrogen) atoms. The summed E-state index contributed by atoms with van der Waals surface area (Å²) in [5.41, 5.74) is 1.95. The van der Waals surface area contributed by atoms with Gasteiger partial charge in [0.15, 0.2) is 5.60 Å². The molecule has 5 nitrogen and oxygen atoms in total. The molecule has 7 heteroatoms. The number of nitrogens with one attached hydrogen (secondary N) is 1. The third-order valence-corrected chi connectivity index (χ3v) is 6.35. The molecule has 3 rings (SSSR count). The predicted molar refractivity (Wildman–Crippen MR) is 138 cm³/mol. The molecule has 2 atom stereocenters. The summed E-state index contributed by atoms with van der Waals surface area (Å²) in [6.07, 6.45) is 2.09. The van der Waals surface area contributed by atoms with Crippen LogP contribution in [0.5, 0.6) is 5.88 Å². The van der Waals surface area contributed by atoms with E-state index in [0.717, 1.165) is 14.7 Å². The maximum absolute atomic E-state index is 13.2. The van der Waals surface area contributed by atoms with Crippen molar-refractivity contribution in [2.45, 2.75) is 51.4 Å². The van der Waals surface area contributed by atoms with Crippen molar-refractivity contribution in [2.24, 2.45) is 0 Å². The van der Waals surface area contributed by atoms with Crippen LogP contribution in [-0.4, -0.2) is 22.5 Å². The summed E-state index contributed by atoms with van der Waals surface area (Å²) >= 11 is 2.27. The zero-order valence-corrected chi connectivity index (χ0v) is 21.5. The number of amides is 1. The second-order valence-electron chi connectivity index (χ2n) is 8.69. The fourth-order valence-corrected chi connectivity index (χ4v) is 4.00. The van der Waals surface area contributed by atoms with Crippen LogP contribution in [0.1, 0.15) is 48.9 Å². The number of rotatable bonds is 9. The van der Waals surface area contributed by atoms with E-state index in [-0.39, 0.29) is 23.7 Å². The zero-order chi connectivity index (χ0) is 24.7. The van der Waals surface area contributed by atoms with Crippen LogP contribution in [0.4, 0.5) is 4.39 Å². The molecule has 0 spiro atoms. The number of benzene rings is 2. The summed E-state index contributed by atoms with van der Waals surface area (Å²) < 4.78 is 19.7. The van der Waals surface area contributed by atoms with Crippen LogP contribution < -0.4 is 10.1 Å². The van der Waals surface area contributed by atoms with Gasteiger partial charge in [-0.15, -0.1) is 0 Å². The smallest absolute Gasteiger partial charge is 0.263 e. The quantitative estimate of drug-likeness (QED) is 0.334. The Labute approximate surface area is 213 Å². The molecule has 0 aliphatic rings. The maximum atomic E-state index is 13.2. The van der Waals surface area contributed by atoms with Crippen LogP contribution >= 0.6 is 22.6 Å². The Bertz CT molecular complexity index is 1160. The number of nitriles is 1. The van der Waals surface area contributed by atoms with E-state index in [9.17, 15) is 14.4 Å². The minimum atomic E-state index is -1.19. The normalized spacial score (nSPS) is 12.9. The van der Waals surface area contributed by atoms with Crippen LogP contribution in [0.2, 0.25) is 0 Å². The number of pyridine rings is 1. The lowest BCUT2D eigenvalue weighted by atomic mass is 9.85. The van der Waals surface area contributed by atoms with Crippen molar-refractivity contribution < 1.29 is 13.9 Å². The summed E-state index contributed by atoms with van der Waals surface area (Å²) in [6.45, 7) is 4.69. The average molecular weight is 571 g/mol. The van der Waals surface area contributed by atoms with E-state index >= 15 is 0 Å². The molecule has 0 aliphatic heterocycles. The second-order valence-corrected chi connectivity index (χ2v) is 9.93. The lowest BCUT2D eigenvalue weighted by molar-refractivity contribution is -0.135. The topological polar surface area (TPSA) is 75.0 Å². The summed E-state index contributed by atoms with van der Waals surface area (Å²) in [7, 11) is 0. The van der Waals surface area contributed by atoms with Crippen molar-refractivity contribution in [1.29, 1.82) is 5.26 Å². The number of nitrogens with zero attached hydrogens (tertiary/aromatic N) is 2. The predicted octanol–water partition coefficient (Wildman–Crippen LogP) is 5.72. The Morgan fingerprint density at radius 2 is 1.88 bits per heavy atom. The fourth-order valence-electron chi connectivity index (χ4n) is 3.64. The molecule has 1 N–H and O–H groups in total. The van der Waals surface area contributed by atoms with E-state index in [4.69, 9.17) is 4.74 Å². The largest absolute Gasteiger partial charge is 0.462 e. The number of aromatic nitrogens is 1. The molecule has 0 fully saturated rings. The Balaban J connectivity index is 1.80. The van der Waals surface area contributed by atoms with Crippen LogP contribution in [0.25, 0.3) is 0 Å². The van der Waals surface area contributed by atoms with Crippen LogP contribution in [-0.2, 0) is 17.9 Å². The monoisotopic (exact) mass is 571 g/mol. The van der Waals surface area contributed by atoms with Gasteiger partial charge in [0.1, 0.15) is 6.67 Å². The molecule has 1 aromatic heterocycles. The van der Waals surface area contributed by atoms with Crippen molar-refractivity contribution in [1.82, 2.24) is 10.3 Å². The Morgan fingerprint density at radius 3 is 2.50 bits per heavy atom. The Morgan fingerprint density at radius 1 is 1.18 bits per heavy atom. The number of ether oxygens (including phenoxy) is 1. The summed E-state index contributed by atoms with van der Waals surface area (Å²) in [5.74, 6) is -0.0994. The highest BCUT2D eigenvalue weighted by Crippen LogP contribution is 2.27. The Hall–Kier alpha value is -2.99. The molecule has 1 heterocycles. The first kappa shape index (κ1) is 25.6. The number of carbonyl (C=O) groups is 1. The first-order chi connectivity index (χ1) is 16.2. The van der Waals surface area contributed by atoms with Gasteiger partial charge in [-0.2, -0.15) is 5.26 Å². The van der Waals surface area contributed by atoms with E-state index in [0.29, 0.717) is 17.5 Å². The SMILES string of the molecule is CC(NC(=O)C(C)(C)Oc1ccc(CF)cn1)C(Cc1ccc(I)cc1)c1cccc(C#N)c1. The first-order valence-corrected chi connectivity index (χ1v) is 12.0.